The third-order valence-corrected chi connectivity index (χ3v) is 3.34. The first kappa shape index (κ1) is 10.1. The zero-order valence-electron chi connectivity index (χ0n) is 8.22. The molecule has 1 aliphatic carbocycles. The van der Waals surface area contributed by atoms with Gasteiger partial charge in [-0.05, 0) is 36.1 Å². The smallest absolute Gasteiger partial charge is 0.0684 e. The fourth-order valence-corrected chi connectivity index (χ4v) is 2.56. The van der Waals surface area contributed by atoms with Crippen LogP contribution < -0.4 is 5.73 Å². The van der Waals surface area contributed by atoms with E-state index in [-0.39, 0.29) is 5.54 Å². The summed E-state index contributed by atoms with van der Waals surface area (Å²) in [4.78, 5) is 0. The number of rotatable bonds is 2. The minimum Gasteiger partial charge on any atom is -0.382 e. The summed E-state index contributed by atoms with van der Waals surface area (Å²) in [5.41, 5.74) is 8.60. The summed E-state index contributed by atoms with van der Waals surface area (Å²) >= 11 is 3.47. The van der Waals surface area contributed by atoms with E-state index in [4.69, 9.17) is 10.5 Å². The molecule has 1 unspecified atom stereocenters. The Kier molecular flexibility index (Phi) is 2.64. The number of halogens is 1. The molecule has 2 N–H and O–H groups in total. The summed E-state index contributed by atoms with van der Waals surface area (Å²) < 4.78 is 6.30. The van der Waals surface area contributed by atoms with Crippen molar-refractivity contribution in [1.82, 2.24) is 0 Å². The van der Waals surface area contributed by atoms with Crippen LogP contribution in [-0.2, 0) is 16.7 Å². The summed E-state index contributed by atoms with van der Waals surface area (Å²) in [5, 5.41) is 0. The van der Waals surface area contributed by atoms with Crippen LogP contribution in [-0.4, -0.2) is 13.7 Å². The number of hydrogen-bond acceptors (Lipinski definition) is 2. The van der Waals surface area contributed by atoms with E-state index in [0.717, 1.165) is 17.3 Å². The quantitative estimate of drug-likeness (QED) is 0.880. The molecular weight excluding hydrogens is 242 g/mol. The first-order chi connectivity index (χ1) is 6.65. The fraction of sp³-hybridized carbons (Fsp3) is 0.455. The van der Waals surface area contributed by atoms with Crippen LogP contribution in [0.25, 0.3) is 0 Å². The van der Waals surface area contributed by atoms with Gasteiger partial charge in [0.25, 0.3) is 0 Å². The monoisotopic (exact) mass is 255 g/mol. The van der Waals surface area contributed by atoms with Gasteiger partial charge in [0, 0.05) is 11.6 Å². The van der Waals surface area contributed by atoms with Crippen molar-refractivity contribution in [3.63, 3.8) is 0 Å². The number of aryl methyl sites for hydroxylation is 1. The van der Waals surface area contributed by atoms with Crippen LogP contribution in [0.1, 0.15) is 17.5 Å². The van der Waals surface area contributed by atoms with Gasteiger partial charge >= 0.3 is 0 Å². The molecule has 0 saturated heterocycles. The Bertz CT molecular complexity index is 353. The van der Waals surface area contributed by atoms with Gasteiger partial charge in [-0.2, -0.15) is 0 Å². The lowest BCUT2D eigenvalue weighted by Gasteiger charge is -2.24. The Balaban J connectivity index is 2.39. The number of nitrogens with two attached hydrogens (primary N) is 1. The van der Waals surface area contributed by atoms with Gasteiger partial charge in [0.2, 0.25) is 0 Å². The molecule has 3 heteroatoms. The number of methoxy groups -OCH3 is 1. The van der Waals surface area contributed by atoms with Crippen LogP contribution in [0.5, 0.6) is 0 Å². The lowest BCUT2D eigenvalue weighted by Crippen LogP contribution is -2.38. The number of hydrogen-bond donors (Lipinski definition) is 1. The normalized spacial score (nSPS) is 25.1. The molecule has 14 heavy (non-hydrogen) atoms. The number of benzene rings is 1. The predicted octanol–water partition coefficient (Wildman–Crippen LogP) is 2.20. The van der Waals surface area contributed by atoms with E-state index in [1.165, 1.54) is 11.1 Å². The standard InChI is InChI=1S/C11H14BrNO/c1-14-7-11(13)5-4-8-6-9(12)2-3-10(8)11/h2-3,6H,4-5,7,13H2,1H3. The molecule has 0 aromatic heterocycles. The van der Waals surface area contributed by atoms with Gasteiger partial charge in [-0.3, -0.25) is 0 Å². The molecule has 0 saturated carbocycles. The first-order valence-corrected chi connectivity index (χ1v) is 5.52. The molecule has 2 nitrogen and oxygen atoms in total. The number of fused-ring (bicyclic) bond motifs is 1. The third-order valence-electron chi connectivity index (χ3n) is 2.85. The topological polar surface area (TPSA) is 35.2 Å². The predicted molar refractivity (Wildman–Crippen MR) is 60.2 cm³/mol. The minimum absolute atomic E-state index is 0.273. The van der Waals surface area contributed by atoms with Crippen molar-refractivity contribution < 1.29 is 4.74 Å². The van der Waals surface area contributed by atoms with Crippen LogP contribution in [0.2, 0.25) is 0 Å². The maximum absolute atomic E-state index is 6.29. The van der Waals surface area contributed by atoms with Crippen molar-refractivity contribution in [2.24, 2.45) is 5.73 Å². The van der Waals surface area contributed by atoms with Gasteiger partial charge in [-0.25, -0.2) is 0 Å². The van der Waals surface area contributed by atoms with Crippen LogP contribution in [0, 0.1) is 0 Å². The van der Waals surface area contributed by atoms with Gasteiger partial charge in [-0.15, -0.1) is 0 Å². The highest BCUT2D eigenvalue weighted by atomic mass is 79.9. The highest BCUT2D eigenvalue weighted by Gasteiger charge is 2.34. The molecule has 1 aliphatic rings. The minimum atomic E-state index is -0.273. The zero-order chi connectivity index (χ0) is 10.2. The Morgan fingerprint density at radius 3 is 3.07 bits per heavy atom. The van der Waals surface area contributed by atoms with Crippen LogP contribution in [0.4, 0.5) is 0 Å². The van der Waals surface area contributed by atoms with E-state index < -0.39 is 0 Å². The van der Waals surface area contributed by atoms with E-state index >= 15 is 0 Å². The Morgan fingerprint density at radius 1 is 1.57 bits per heavy atom. The Morgan fingerprint density at radius 2 is 2.36 bits per heavy atom. The molecular formula is C11H14BrNO. The highest BCUT2D eigenvalue weighted by Crippen LogP contribution is 2.36. The second kappa shape index (κ2) is 3.65. The Labute approximate surface area is 92.6 Å². The lowest BCUT2D eigenvalue weighted by atomic mass is 9.94. The van der Waals surface area contributed by atoms with Gasteiger partial charge in [0.05, 0.1) is 12.1 Å². The van der Waals surface area contributed by atoms with Gasteiger partial charge < -0.3 is 10.5 Å². The molecule has 0 aliphatic heterocycles. The molecule has 0 spiro atoms. The highest BCUT2D eigenvalue weighted by molar-refractivity contribution is 9.10. The van der Waals surface area contributed by atoms with Crippen molar-refractivity contribution in [3.8, 4) is 0 Å². The largest absolute Gasteiger partial charge is 0.382 e. The van der Waals surface area contributed by atoms with E-state index in [0.29, 0.717) is 6.61 Å². The van der Waals surface area contributed by atoms with E-state index in [9.17, 15) is 0 Å². The molecule has 1 aromatic carbocycles. The molecule has 0 heterocycles. The fourth-order valence-electron chi connectivity index (χ4n) is 2.15. The van der Waals surface area contributed by atoms with Crippen LogP contribution >= 0.6 is 15.9 Å². The van der Waals surface area contributed by atoms with Crippen molar-refractivity contribution in [2.45, 2.75) is 18.4 Å². The molecule has 2 rings (SSSR count). The van der Waals surface area contributed by atoms with E-state index in [2.05, 4.69) is 28.1 Å². The van der Waals surface area contributed by atoms with Gasteiger partial charge in [0.1, 0.15) is 0 Å². The van der Waals surface area contributed by atoms with Crippen LogP contribution in [0.15, 0.2) is 22.7 Å². The summed E-state index contributed by atoms with van der Waals surface area (Å²) in [6.45, 7) is 0.599. The molecule has 1 aromatic rings. The second-order valence-corrected chi connectivity index (χ2v) is 4.81. The summed E-state index contributed by atoms with van der Waals surface area (Å²) in [5.74, 6) is 0. The maximum atomic E-state index is 6.29. The molecule has 0 radical (unpaired) electrons. The number of ether oxygens (including phenoxy) is 1. The van der Waals surface area contributed by atoms with Crippen molar-refractivity contribution in [3.05, 3.63) is 33.8 Å². The third kappa shape index (κ3) is 1.60. The average Bonchev–Trinajstić information content (AvgIpc) is 2.44. The SMILES string of the molecule is COCC1(N)CCc2cc(Br)ccc21. The average molecular weight is 256 g/mol. The molecule has 0 bridgehead atoms. The Hall–Kier alpha value is -0.380. The first-order valence-electron chi connectivity index (χ1n) is 4.72. The van der Waals surface area contributed by atoms with Crippen molar-refractivity contribution in [2.75, 3.05) is 13.7 Å². The van der Waals surface area contributed by atoms with Gasteiger partial charge in [0.15, 0.2) is 0 Å². The summed E-state index contributed by atoms with van der Waals surface area (Å²) in [7, 11) is 1.70. The molecule has 0 fully saturated rings. The summed E-state index contributed by atoms with van der Waals surface area (Å²) in [6, 6.07) is 6.30. The van der Waals surface area contributed by atoms with E-state index in [1.54, 1.807) is 7.11 Å². The van der Waals surface area contributed by atoms with Crippen molar-refractivity contribution in [1.29, 1.82) is 0 Å². The lowest BCUT2D eigenvalue weighted by molar-refractivity contribution is 0.132. The second-order valence-electron chi connectivity index (χ2n) is 3.89. The maximum Gasteiger partial charge on any atom is 0.0684 e. The molecule has 76 valence electrons. The summed E-state index contributed by atoms with van der Waals surface area (Å²) in [6.07, 6.45) is 2.03. The zero-order valence-corrected chi connectivity index (χ0v) is 9.80. The molecule has 0 amide bonds. The van der Waals surface area contributed by atoms with Crippen molar-refractivity contribution >= 4 is 15.9 Å². The van der Waals surface area contributed by atoms with Crippen LogP contribution in [0.3, 0.4) is 0 Å². The van der Waals surface area contributed by atoms with Gasteiger partial charge in [-0.1, -0.05) is 22.0 Å². The molecule has 1 atom stereocenters. The van der Waals surface area contributed by atoms with E-state index in [1.807, 2.05) is 6.07 Å².